The Kier molecular flexibility index (Phi) is 5.28. The minimum absolute atomic E-state index is 0.000728. The third-order valence-corrected chi connectivity index (χ3v) is 3.16. The number of carbonyl (C=O) groups is 1. The molecule has 0 unspecified atom stereocenters. The molecule has 0 heterocycles. The Labute approximate surface area is 114 Å². The van der Waals surface area contributed by atoms with Crippen molar-refractivity contribution in [2.45, 2.75) is 40.2 Å². The second kappa shape index (κ2) is 6.50. The quantitative estimate of drug-likeness (QED) is 0.880. The summed E-state index contributed by atoms with van der Waals surface area (Å²) in [4.78, 5) is 11.7. The summed E-state index contributed by atoms with van der Waals surface area (Å²) in [5, 5.41) is 2.97. The lowest BCUT2D eigenvalue weighted by Gasteiger charge is -2.27. The number of hydrogen-bond acceptors (Lipinski definition) is 1. The van der Waals surface area contributed by atoms with Crippen LogP contribution < -0.4 is 5.32 Å². The van der Waals surface area contributed by atoms with Crippen molar-refractivity contribution in [3.05, 3.63) is 41.7 Å². The van der Waals surface area contributed by atoms with Crippen molar-refractivity contribution in [3.63, 3.8) is 0 Å². The second-order valence-corrected chi connectivity index (χ2v) is 5.81. The van der Waals surface area contributed by atoms with Crippen LogP contribution in [0, 0.1) is 11.2 Å². The van der Waals surface area contributed by atoms with Crippen LogP contribution in [0.4, 0.5) is 4.39 Å². The molecule has 1 amide bonds. The van der Waals surface area contributed by atoms with Crippen molar-refractivity contribution in [1.29, 1.82) is 0 Å². The highest BCUT2D eigenvalue weighted by molar-refractivity contribution is 5.78. The van der Waals surface area contributed by atoms with Gasteiger partial charge in [-0.25, -0.2) is 4.39 Å². The number of nitrogens with one attached hydrogen (secondary N) is 1. The predicted octanol–water partition coefficient (Wildman–Crippen LogP) is 3.78. The summed E-state index contributed by atoms with van der Waals surface area (Å²) < 4.78 is 12.7. The van der Waals surface area contributed by atoms with E-state index in [0.717, 1.165) is 5.56 Å². The molecule has 0 aromatic heterocycles. The smallest absolute Gasteiger partial charge is 0.224 e. The van der Waals surface area contributed by atoms with E-state index in [1.807, 2.05) is 13.0 Å². The highest BCUT2D eigenvalue weighted by Crippen LogP contribution is 2.18. The number of halogens is 1. The zero-order valence-corrected chi connectivity index (χ0v) is 12.0. The largest absolute Gasteiger partial charge is 0.353 e. The zero-order chi connectivity index (χ0) is 14.5. The first-order valence-electron chi connectivity index (χ1n) is 6.50. The molecule has 0 saturated carbocycles. The van der Waals surface area contributed by atoms with Crippen molar-refractivity contribution in [1.82, 2.24) is 5.32 Å². The van der Waals surface area contributed by atoms with Crippen LogP contribution in [0.2, 0.25) is 0 Å². The van der Waals surface area contributed by atoms with Crippen LogP contribution in [0.25, 0.3) is 6.08 Å². The van der Waals surface area contributed by atoms with E-state index in [9.17, 15) is 9.18 Å². The van der Waals surface area contributed by atoms with Gasteiger partial charge in [-0.2, -0.15) is 0 Å². The standard InChI is InChI=1S/C16H22FNO/c1-12(16(2,3)4)18-15(19)7-5-6-13-8-10-14(17)11-9-13/h5-6,8-12H,7H2,1-4H3,(H,18,19)/b6-5+/t12-/m1/s1. The molecule has 1 rings (SSSR count). The van der Waals surface area contributed by atoms with Crippen LogP contribution in [-0.2, 0) is 4.79 Å². The highest BCUT2D eigenvalue weighted by Gasteiger charge is 2.20. The van der Waals surface area contributed by atoms with Crippen molar-refractivity contribution < 1.29 is 9.18 Å². The number of amides is 1. The van der Waals surface area contributed by atoms with Gasteiger partial charge in [0.1, 0.15) is 5.82 Å². The summed E-state index contributed by atoms with van der Waals surface area (Å²) in [6, 6.07) is 6.30. The van der Waals surface area contributed by atoms with Crippen LogP contribution in [-0.4, -0.2) is 11.9 Å². The van der Waals surface area contributed by atoms with Gasteiger partial charge in [-0.05, 0) is 30.0 Å². The molecule has 1 N–H and O–H groups in total. The molecular formula is C16H22FNO. The van der Waals surface area contributed by atoms with Gasteiger partial charge in [0.25, 0.3) is 0 Å². The molecule has 19 heavy (non-hydrogen) atoms. The molecule has 104 valence electrons. The molecule has 0 aliphatic rings. The third-order valence-electron chi connectivity index (χ3n) is 3.16. The summed E-state index contributed by atoms with van der Waals surface area (Å²) in [6.45, 7) is 8.27. The maximum Gasteiger partial charge on any atom is 0.224 e. The van der Waals surface area contributed by atoms with E-state index in [4.69, 9.17) is 0 Å². The Balaban J connectivity index is 2.44. The fraction of sp³-hybridized carbons (Fsp3) is 0.438. The molecule has 0 aliphatic heterocycles. The fourth-order valence-corrected chi connectivity index (χ4v) is 1.39. The first-order valence-corrected chi connectivity index (χ1v) is 6.50. The topological polar surface area (TPSA) is 29.1 Å². The minimum Gasteiger partial charge on any atom is -0.353 e. The van der Waals surface area contributed by atoms with Gasteiger partial charge in [0.15, 0.2) is 0 Å². The van der Waals surface area contributed by atoms with Gasteiger partial charge in [-0.3, -0.25) is 4.79 Å². The lowest BCUT2D eigenvalue weighted by atomic mass is 9.88. The number of benzene rings is 1. The molecule has 1 aromatic rings. The average molecular weight is 263 g/mol. The zero-order valence-electron chi connectivity index (χ0n) is 12.0. The van der Waals surface area contributed by atoms with Gasteiger partial charge < -0.3 is 5.32 Å². The number of hydrogen-bond donors (Lipinski definition) is 1. The van der Waals surface area contributed by atoms with Crippen LogP contribution in [0.1, 0.15) is 39.7 Å². The Morgan fingerprint density at radius 1 is 1.32 bits per heavy atom. The summed E-state index contributed by atoms with van der Waals surface area (Å²) in [5.74, 6) is -0.255. The van der Waals surface area contributed by atoms with E-state index in [0.29, 0.717) is 6.42 Å². The van der Waals surface area contributed by atoms with E-state index >= 15 is 0 Å². The van der Waals surface area contributed by atoms with Crippen LogP contribution in [0.15, 0.2) is 30.3 Å². The summed E-state index contributed by atoms with van der Waals surface area (Å²) in [7, 11) is 0. The molecule has 0 radical (unpaired) electrons. The summed E-state index contributed by atoms with van der Waals surface area (Å²) >= 11 is 0. The normalized spacial score (nSPS) is 13.5. The predicted molar refractivity (Wildman–Crippen MR) is 77.1 cm³/mol. The molecule has 1 aromatic carbocycles. The van der Waals surface area contributed by atoms with Crippen LogP contribution in [0.3, 0.4) is 0 Å². The molecule has 1 atom stereocenters. The number of carbonyl (C=O) groups excluding carboxylic acids is 1. The lowest BCUT2D eigenvalue weighted by Crippen LogP contribution is -2.41. The molecule has 0 aliphatic carbocycles. The second-order valence-electron chi connectivity index (χ2n) is 5.81. The van der Waals surface area contributed by atoms with E-state index < -0.39 is 0 Å². The SMILES string of the molecule is C[C@@H](NC(=O)C/C=C/c1ccc(F)cc1)C(C)(C)C. The Morgan fingerprint density at radius 3 is 2.42 bits per heavy atom. The average Bonchev–Trinajstić information content (AvgIpc) is 2.30. The molecule has 3 heteroatoms. The van der Waals surface area contributed by atoms with Crippen LogP contribution >= 0.6 is 0 Å². The third kappa shape index (κ3) is 5.69. The van der Waals surface area contributed by atoms with E-state index in [2.05, 4.69) is 26.1 Å². The molecular weight excluding hydrogens is 241 g/mol. The first-order chi connectivity index (χ1) is 8.79. The Hall–Kier alpha value is -1.64. The highest BCUT2D eigenvalue weighted by atomic mass is 19.1. The summed E-state index contributed by atoms with van der Waals surface area (Å²) in [5.41, 5.74) is 0.939. The van der Waals surface area contributed by atoms with Crippen molar-refractivity contribution >= 4 is 12.0 Å². The summed E-state index contributed by atoms with van der Waals surface area (Å²) in [6.07, 6.45) is 3.94. The van der Waals surface area contributed by atoms with Gasteiger partial charge >= 0.3 is 0 Å². The van der Waals surface area contributed by atoms with E-state index in [1.54, 1.807) is 18.2 Å². The molecule has 0 spiro atoms. The molecule has 0 saturated heterocycles. The van der Waals surface area contributed by atoms with Crippen molar-refractivity contribution in [2.75, 3.05) is 0 Å². The fourth-order valence-electron chi connectivity index (χ4n) is 1.39. The minimum atomic E-state index is -0.256. The van der Waals surface area contributed by atoms with Crippen molar-refractivity contribution in [3.8, 4) is 0 Å². The van der Waals surface area contributed by atoms with Gasteiger partial charge in [0.05, 0.1) is 0 Å². The van der Waals surface area contributed by atoms with Gasteiger partial charge in [-0.1, -0.05) is 45.1 Å². The van der Waals surface area contributed by atoms with E-state index in [-0.39, 0.29) is 23.2 Å². The van der Waals surface area contributed by atoms with E-state index in [1.165, 1.54) is 12.1 Å². The van der Waals surface area contributed by atoms with Gasteiger partial charge in [0.2, 0.25) is 5.91 Å². The van der Waals surface area contributed by atoms with Crippen molar-refractivity contribution in [2.24, 2.45) is 5.41 Å². The monoisotopic (exact) mass is 263 g/mol. The Morgan fingerprint density at radius 2 is 1.89 bits per heavy atom. The van der Waals surface area contributed by atoms with Gasteiger partial charge in [0, 0.05) is 12.5 Å². The lowest BCUT2D eigenvalue weighted by molar-refractivity contribution is -0.121. The Bertz CT molecular complexity index is 443. The van der Waals surface area contributed by atoms with Gasteiger partial charge in [-0.15, -0.1) is 0 Å². The number of rotatable bonds is 4. The first kappa shape index (κ1) is 15.4. The molecule has 0 fully saturated rings. The molecule has 2 nitrogen and oxygen atoms in total. The van der Waals surface area contributed by atoms with Crippen LogP contribution in [0.5, 0.6) is 0 Å². The molecule has 0 bridgehead atoms. The maximum absolute atomic E-state index is 12.7. The maximum atomic E-state index is 12.7.